The zero-order chi connectivity index (χ0) is 17.2. The van der Waals surface area contributed by atoms with Crippen LogP contribution in [0.2, 0.25) is 0 Å². The molecular formula is C19H16N2O4. The minimum Gasteiger partial charge on any atom is -0.454 e. The minimum atomic E-state index is -0.171. The predicted molar refractivity (Wildman–Crippen MR) is 91.6 cm³/mol. The maximum Gasteiger partial charge on any atom is 0.231 e. The summed E-state index contributed by atoms with van der Waals surface area (Å²) in [6, 6.07) is 14.9. The largest absolute Gasteiger partial charge is 0.454 e. The highest BCUT2D eigenvalue weighted by atomic mass is 16.7. The lowest BCUT2D eigenvalue weighted by Crippen LogP contribution is -2.15. The van der Waals surface area contributed by atoms with Crippen LogP contribution in [-0.4, -0.2) is 17.7 Å². The van der Waals surface area contributed by atoms with Crippen LogP contribution >= 0.6 is 0 Å². The van der Waals surface area contributed by atoms with Gasteiger partial charge in [0.15, 0.2) is 11.5 Å². The third kappa shape index (κ3) is 3.19. The molecule has 0 spiro atoms. The first kappa shape index (κ1) is 15.3. The van der Waals surface area contributed by atoms with Crippen molar-refractivity contribution in [1.29, 1.82) is 0 Å². The number of benzene rings is 2. The number of oxazole rings is 1. The molecule has 0 saturated heterocycles. The number of aryl methyl sites for hydroxylation is 1. The number of carbonyl (C=O) groups is 1. The van der Waals surface area contributed by atoms with Gasteiger partial charge in [0, 0.05) is 17.3 Å². The van der Waals surface area contributed by atoms with Gasteiger partial charge in [-0.2, -0.15) is 0 Å². The predicted octanol–water partition coefficient (Wildman–Crippen LogP) is 3.56. The van der Waals surface area contributed by atoms with Gasteiger partial charge in [-0.25, -0.2) is 4.98 Å². The highest BCUT2D eigenvalue weighted by molar-refractivity contribution is 5.92. The molecule has 0 aliphatic carbocycles. The van der Waals surface area contributed by atoms with Crippen LogP contribution in [0.15, 0.2) is 52.9 Å². The molecule has 6 heteroatoms. The summed E-state index contributed by atoms with van der Waals surface area (Å²) >= 11 is 0. The summed E-state index contributed by atoms with van der Waals surface area (Å²) < 4.78 is 16.3. The van der Waals surface area contributed by atoms with Crippen LogP contribution in [0, 0.1) is 6.92 Å². The molecule has 0 fully saturated rings. The molecule has 0 atom stereocenters. The third-order valence-electron chi connectivity index (χ3n) is 3.90. The minimum absolute atomic E-state index is 0.136. The molecule has 0 saturated carbocycles. The second-order valence-corrected chi connectivity index (χ2v) is 5.68. The fraction of sp³-hybridized carbons (Fsp3) is 0.158. The van der Waals surface area contributed by atoms with E-state index in [4.69, 9.17) is 13.9 Å². The first-order chi connectivity index (χ1) is 12.2. The van der Waals surface area contributed by atoms with Crippen molar-refractivity contribution in [3.63, 3.8) is 0 Å². The molecule has 6 nitrogen and oxygen atoms in total. The van der Waals surface area contributed by atoms with Crippen molar-refractivity contribution in [3.8, 4) is 23.0 Å². The van der Waals surface area contributed by atoms with Gasteiger partial charge in [0.05, 0.1) is 12.1 Å². The summed E-state index contributed by atoms with van der Waals surface area (Å²) in [7, 11) is 0. The lowest BCUT2D eigenvalue weighted by molar-refractivity contribution is -0.115. The number of amides is 1. The van der Waals surface area contributed by atoms with Crippen molar-refractivity contribution >= 4 is 11.6 Å². The monoisotopic (exact) mass is 336 g/mol. The number of aromatic nitrogens is 1. The summed E-state index contributed by atoms with van der Waals surface area (Å²) in [5.74, 6) is 2.29. The summed E-state index contributed by atoms with van der Waals surface area (Å²) in [6.07, 6.45) is 0.136. The lowest BCUT2D eigenvalue weighted by Gasteiger charge is -2.05. The Bertz CT molecular complexity index is 918. The number of anilines is 1. The number of rotatable bonds is 4. The van der Waals surface area contributed by atoms with Crippen LogP contribution in [0.4, 0.5) is 5.69 Å². The van der Waals surface area contributed by atoms with Crippen molar-refractivity contribution < 1.29 is 18.7 Å². The standard InChI is InChI=1S/C19H16N2O4/c1-12-15(21-19(25-12)13-5-3-2-4-6-13)10-18(22)20-14-7-8-16-17(9-14)24-11-23-16/h2-9H,10-11H2,1H3,(H,20,22). The van der Waals surface area contributed by atoms with E-state index in [1.165, 1.54) is 0 Å². The molecule has 0 bridgehead atoms. The zero-order valence-corrected chi connectivity index (χ0v) is 13.6. The molecule has 1 aliphatic heterocycles. The van der Waals surface area contributed by atoms with E-state index in [1.54, 1.807) is 18.2 Å². The maximum atomic E-state index is 12.3. The molecule has 4 rings (SSSR count). The van der Waals surface area contributed by atoms with Crippen LogP contribution in [-0.2, 0) is 11.2 Å². The lowest BCUT2D eigenvalue weighted by atomic mass is 10.2. The average Bonchev–Trinajstić information content (AvgIpc) is 3.22. The molecule has 1 aliphatic rings. The van der Waals surface area contributed by atoms with E-state index in [0.29, 0.717) is 34.5 Å². The van der Waals surface area contributed by atoms with Gasteiger partial charge < -0.3 is 19.2 Å². The molecule has 1 amide bonds. The Morgan fingerprint density at radius 3 is 2.76 bits per heavy atom. The van der Waals surface area contributed by atoms with Gasteiger partial charge in [0.1, 0.15) is 5.76 Å². The number of hydrogen-bond acceptors (Lipinski definition) is 5. The summed E-state index contributed by atoms with van der Waals surface area (Å²) in [6.45, 7) is 2.01. The first-order valence-corrected chi connectivity index (χ1v) is 7.90. The van der Waals surface area contributed by atoms with Gasteiger partial charge in [0.2, 0.25) is 18.6 Å². The van der Waals surface area contributed by atoms with E-state index in [-0.39, 0.29) is 19.1 Å². The van der Waals surface area contributed by atoms with Crippen LogP contribution in [0.25, 0.3) is 11.5 Å². The molecule has 0 unspecified atom stereocenters. The zero-order valence-electron chi connectivity index (χ0n) is 13.6. The molecule has 126 valence electrons. The van der Waals surface area contributed by atoms with Gasteiger partial charge in [-0.05, 0) is 31.2 Å². The number of nitrogens with one attached hydrogen (secondary N) is 1. The second kappa shape index (κ2) is 6.32. The van der Waals surface area contributed by atoms with Gasteiger partial charge in [-0.1, -0.05) is 18.2 Å². The number of nitrogens with zero attached hydrogens (tertiary/aromatic N) is 1. The molecule has 1 N–H and O–H groups in total. The van der Waals surface area contributed by atoms with Crippen molar-refractivity contribution in [2.24, 2.45) is 0 Å². The summed E-state index contributed by atoms with van der Waals surface area (Å²) in [5, 5.41) is 2.84. The summed E-state index contributed by atoms with van der Waals surface area (Å²) in [5.41, 5.74) is 2.16. The van der Waals surface area contributed by atoms with E-state index >= 15 is 0 Å². The van der Waals surface area contributed by atoms with E-state index in [9.17, 15) is 4.79 Å². The Morgan fingerprint density at radius 1 is 1.12 bits per heavy atom. The van der Waals surface area contributed by atoms with Gasteiger partial charge >= 0.3 is 0 Å². The fourth-order valence-corrected chi connectivity index (χ4v) is 2.63. The topological polar surface area (TPSA) is 73.6 Å². The van der Waals surface area contributed by atoms with Crippen molar-refractivity contribution in [3.05, 3.63) is 60.0 Å². The van der Waals surface area contributed by atoms with E-state index < -0.39 is 0 Å². The Balaban J connectivity index is 1.47. The van der Waals surface area contributed by atoms with Crippen LogP contribution < -0.4 is 14.8 Å². The molecule has 2 heterocycles. The molecule has 1 aromatic heterocycles. The number of carbonyl (C=O) groups excluding carboxylic acids is 1. The highest BCUT2D eigenvalue weighted by Gasteiger charge is 2.17. The quantitative estimate of drug-likeness (QED) is 0.788. The van der Waals surface area contributed by atoms with Crippen LogP contribution in [0.5, 0.6) is 11.5 Å². The normalized spacial score (nSPS) is 12.2. The molecular weight excluding hydrogens is 320 g/mol. The smallest absolute Gasteiger partial charge is 0.231 e. The van der Waals surface area contributed by atoms with Gasteiger partial charge in [-0.3, -0.25) is 4.79 Å². The Hall–Kier alpha value is -3.28. The maximum absolute atomic E-state index is 12.3. The van der Waals surface area contributed by atoms with Crippen molar-refractivity contribution in [2.45, 2.75) is 13.3 Å². The summed E-state index contributed by atoms with van der Waals surface area (Å²) in [4.78, 5) is 16.8. The molecule has 3 aromatic rings. The van der Waals surface area contributed by atoms with E-state index in [0.717, 1.165) is 5.56 Å². The van der Waals surface area contributed by atoms with Gasteiger partial charge in [-0.15, -0.1) is 0 Å². The Kier molecular flexibility index (Phi) is 3.85. The first-order valence-electron chi connectivity index (χ1n) is 7.90. The van der Waals surface area contributed by atoms with E-state index in [1.807, 2.05) is 37.3 Å². The third-order valence-corrected chi connectivity index (χ3v) is 3.90. The van der Waals surface area contributed by atoms with Crippen molar-refractivity contribution in [2.75, 3.05) is 12.1 Å². The molecule has 0 radical (unpaired) electrons. The second-order valence-electron chi connectivity index (χ2n) is 5.68. The fourth-order valence-electron chi connectivity index (χ4n) is 2.63. The average molecular weight is 336 g/mol. The van der Waals surface area contributed by atoms with E-state index in [2.05, 4.69) is 10.3 Å². The highest BCUT2D eigenvalue weighted by Crippen LogP contribution is 2.34. The van der Waals surface area contributed by atoms with Crippen LogP contribution in [0.3, 0.4) is 0 Å². The Labute approximate surface area is 144 Å². The number of hydrogen-bond donors (Lipinski definition) is 1. The number of fused-ring (bicyclic) bond motifs is 1. The van der Waals surface area contributed by atoms with Crippen molar-refractivity contribution in [1.82, 2.24) is 4.98 Å². The van der Waals surface area contributed by atoms with Gasteiger partial charge in [0.25, 0.3) is 0 Å². The molecule has 2 aromatic carbocycles. The van der Waals surface area contributed by atoms with Crippen LogP contribution in [0.1, 0.15) is 11.5 Å². The Morgan fingerprint density at radius 2 is 1.92 bits per heavy atom. The molecule has 25 heavy (non-hydrogen) atoms. The number of ether oxygens (including phenoxy) is 2. The SMILES string of the molecule is Cc1oc(-c2ccccc2)nc1CC(=O)Nc1ccc2c(c1)OCO2.